The van der Waals surface area contributed by atoms with Crippen LogP contribution in [-0.4, -0.2) is 43.7 Å². The summed E-state index contributed by atoms with van der Waals surface area (Å²) in [5.74, 6) is 0.260. The van der Waals surface area contributed by atoms with Crippen molar-refractivity contribution in [1.82, 2.24) is 9.62 Å². The zero-order chi connectivity index (χ0) is 24.3. The number of anilines is 1. The zero-order valence-corrected chi connectivity index (χ0v) is 20.3. The number of nitrogens with one attached hydrogen (secondary N) is 2. The van der Waals surface area contributed by atoms with Gasteiger partial charge in [0.25, 0.3) is 5.91 Å². The molecule has 0 spiro atoms. The molecular formula is C26H31N3O4S. The van der Waals surface area contributed by atoms with Gasteiger partial charge in [0.2, 0.25) is 15.9 Å². The molecule has 180 valence electrons. The fourth-order valence-electron chi connectivity index (χ4n) is 4.26. The fourth-order valence-corrected chi connectivity index (χ4v) is 5.94. The topological polar surface area (TPSA) is 95.6 Å². The highest BCUT2D eigenvalue weighted by Crippen LogP contribution is 2.27. The largest absolute Gasteiger partial charge is 0.349 e. The number of carbonyl (C=O) groups is 2. The standard InChI is InChI=1S/C26H31N3O4S/c1-18-15-19(2)17-29(16-18)34(32,33)24-12-10-22(11-13-24)27-25(30)14-5-20-3-6-21(7-4-20)26(31)28-23-8-9-23/h3-7,10-14,18-19,23H,8-9,15-17H2,1-2H3,(H,27,30)(H,28,31)/b14-5+. The third-order valence-electron chi connectivity index (χ3n) is 6.11. The molecule has 0 aromatic heterocycles. The van der Waals surface area contributed by atoms with E-state index in [4.69, 9.17) is 0 Å². The van der Waals surface area contributed by atoms with Gasteiger partial charge in [-0.05, 0) is 79.1 Å². The van der Waals surface area contributed by atoms with Crippen molar-refractivity contribution in [2.24, 2.45) is 11.8 Å². The summed E-state index contributed by atoms with van der Waals surface area (Å²) in [7, 11) is -3.55. The first-order chi connectivity index (χ1) is 16.2. The van der Waals surface area contributed by atoms with E-state index in [1.807, 2.05) is 0 Å². The van der Waals surface area contributed by atoms with Gasteiger partial charge in [0.1, 0.15) is 0 Å². The van der Waals surface area contributed by atoms with Crippen LogP contribution < -0.4 is 10.6 Å². The molecule has 1 saturated carbocycles. The SMILES string of the molecule is CC1CC(C)CN(S(=O)(=O)c2ccc(NC(=O)/C=C/c3ccc(C(=O)NC4CC4)cc3)cc2)C1. The molecule has 1 aliphatic carbocycles. The lowest BCUT2D eigenvalue weighted by atomic mass is 9.94. The molecule has 1 saturated heterocycles. The molecule has 2 aromatic rings. The monoisotopic (exact) mass is 481 g/mol. The van der Waals surface area contributed by atoms with Crippen LogP contribution >= 0.6 is 0 Å². The number of sulfonamides is 1. The Labute approximate surface area is 201 Å². The molecule has 2 fully saturated rings. The van der Waals surface area contributed by atoms with Crippen LogP contribution in [0.2, 0.25) is 0 Å². The molecule has 2 unspecified atom stereocenters. The Morgan fingerprint density at radius 1 is 0.941 bits per heavy atom. The van der Waals surface area contributed by atoms with Gasteiger partial charge in [-0.25, -0.2) is 8.42 Å². The zero-order valence-electron chi connectivity index (χ0n) is 19.5. The van der Waals surface area contributed by atoms with Crippen molar-refractivity contribution < 1.29 is 18.0 Å². The third kappa shape index (κ3) is 6.12. The molecule has 1 aliphatic heterocycles. The summed E-state index contributed by atoms with van der Waals surface area (Å²) in [5.41, 5.74) is 1.91. The van der Waals surface area contributed by atoms with Gasteiger partial charge in [-0.3, -0.25) is 9.59 Å². The summed E-state index contributed by atoms with van der Waals surface area (Å²) in [5, 5.41) is 5.69. The third-order valence-corrected chi connectivity index (χ3v) is 7.95. The summed E-state index contributed by atoms with van der Waals surface area (Å²) in [6, 6.07) is 13.6. The molecule has 0 bridgehead atoms. The van der Waals surface area contributed by atoms with Crippen molar-refractivity contribution in [1.29, 1.82) is 0 Å². The van der Waals surface area contributed by atoms with E-state index in [1.165, 1.54) is 18.2 Å². The normalized spacial score (nSPS) is 21.4. The minimum Gasteiger partial charge on any atom is -0.349 e. The second-order valence-corrected chi connectivity index (χ2v) is 11.4. The molecule has 2 N–H and O–H groups in total. The van der Waals surface area contributed by atoms with Crippen LogP contribution in [0.4, 0.5) is 5.69 Å². The highest BCUT2D eigenvalue weighted by atomic mass is 32.2. The quantitative estimate of drug-likeness (QED) is 0.587. The number of nitrogens with zero attached hydrogens (tertiary/aromatic N) is 1. The fraction of sp³-hybridized carbons (Fsp3) is 0.385. The molecule has 34 heavy (non-hydrogen) atoms. The van der Waals surface area contributed by atoms with Gasteiger partial charge in [-0.1, -0.05) is 26.0 Å². The van der Waals surface area contributed by atoms with Gasteiger partial charge in [-0.2, -0.15) is 4.31 Å². The average Bonchev–Trinajstić information content (AvgIpc) is 3.62. The number of hydrogen-bond donors (Lipinski definition) is 2. The lowest BCUT2D eigenvalue weighted by molar-refractivity contribution is -0.111. The molecule has 2 aromatic carbocycles. The van der Waals surface area contributed by atoms with Crippen LogP contribution in [0.3, 0.4) is 0 Å². The number of carbonyl (C=O) groups excluding carboxylic acids is 2. The maximum absolute atomic E-state index is 13.0. The van der Waals surface area contributed by atoms with Crippen molar-refractivity contribution in [2.75, 3.05) is 18.4 Å². The molecule has 2 aliphatic rings. The second-order valence-electron chi connectivity index (χ2n) is 9.48. The van der Waals surface area contributed by atoms with Crippen LogP contribution in [0.1, 0.15) is 49.0 Å². The van der Waals surface area contributed by atoms with Crippen LogP contribution in [-0.2, 0) is 14.8 Å². The number of hydrogen-bond acceptors (Lipinski definition) is 4. The Hall–Kier alpha value is -2.97. The van der Waals surface area contributed by atoms with Gasteiger partial charge in [0, 0.05) is 36.5 Å². The number of rotatable bonds is 7. The van der Waals surface area contributed by atoms with Crippen LogP contribution in [0, 0.1) is 11.8 Å². The van der Waals surface area contributed by atoms with Crippen molar-refractivity contribution in [3.63, 3.8) is 0 Å². The van der Waals surface area contributed by atoms with Gasteiger partial charge < -0.3 is 10.6 Å². The highest BCUT2D eigenvalue weighted by molar-refractivity contribution is 7.89. The Balaban J connectivity index is 1.33. The molecule has 2 atom stereocenters. The lowest BCUT2D eigenvalue weighted by Crippen LogP contribution is -2.42. The maximum atomic E-state index is 13.0. The molecule has 1 heterocycles. The number of amides is 2. The van der Waals surface area contributed by atoms with E-state index >= 15 is 0 Å². The summed E-state index contributed by atoms with van der Waals surface area (Å²) >= 11 is 0. The summed E-state index contributed by atoms with van der Waals surface area (Å²) in [6.07, 6.45) is 6.18. The first-order valence-electron chi connectivity index (χ1n) is 11.7. The van der Waals surface area contributed by atoms with Crippen LogP contribution in [0.15, 0.2) is 59.5 Å². The first kappa shape index (κ1) is 24.2. The van der Waals surface area contributed by atoms with Gasteiger partial charge in [0.05, 0.1) is 4.90 Å². The number of piperidine rings is 1. The highest BCUT2D eigenvalue weighted by Gasteiger charge is 2.31. The Bertz CT molecular complexity index is 1160. The van der Waals surface area contributed by atoms with Gasteiger partial charge >= 0.3 is 0 Å². The van der Waals surface area contributed by atoms with Crippen LogP contribution in [0.5, 0.6) is 0 Å². The average molecular weight is 482 g/mol. The Morgan fingerprint density at radius 3 is 2.15 bits per heavy atom. The molecule has 4 rings (SSSR count). The van der Waals surface area contributed by atoms with E-state index in [-0.39, 0.29) is 16.7 Å². The smallest absolute Gasteiger partial charge is 0.251 e. The van der Waals surface area contributed by atoms with E-state index in [0.717, 1.165) is 24.8 Å². The number of benzene rings is 2. The van der Waals surface area contributed by atoms with Crippen molar-refractivity contribution in [3.05, 3.63) is 65.7 Å². The molecule has 8 heteroatoms. The first-order valence-corrected chi connectivity index (χ1v) is 13.1. The minimum atomic E-state index is -3.55. The predicted molar refractivity (Wildman–Crippen MR) is 133 cm³/mol. The molecule has 2 amide bonds. The Morgan fingerprint density at radius 2 is 1.56 bits per heavy atom. The summed E-state index contributed by atoms with van der Waals surface area (Å²) < 4.78 is 27.5. The molecule has 0 radical (unpaired) electrons. The lowest BCUT2D eigenvalue weighted by Gasteiger charge is -2.34. The molecular weight excluding hydrogens is 450 g/mol. The van der Waals surface area contributed by atoms with E-state index in [2.05, 4.69) is 24.5 Å². The summed E-state index contributed by atoms with van der Waals surface area (Å²) in [6.45, 7) is 5.21. The van der Waals surface area contributed by atoms with Crippen molar-refractivity contribution in [3.8, 4) is 0 Å². The van der Waals surface area contributed by atoms with E-state index in [1.54, 1.807) is 46.8 Å². The molecule has 7 nitrogen and oxygen atoms in total. The van der Waals surface area contributed by atoms with Gasteiger partial charge in [0.15, 0.2) is 0 Å². The van der Waals surface area contributed by atoms with E-state index < -0.39 is 10.0 Å². The van der Waals surface area contributed by atoms with Crippen LogP contribution in [0.25, 0.3) is 6.08 Å². The summed E-state index contributed by atoms with van der Waals surface area (Å²) in [4.78, 5) is 24.6. The van der Waals surface area contributed by atoms with Crippen molar-refractivity contribution in [2.45, 2.75) is 44.0 Å². The maximum Gasteiger partial charge on any atom is 0.251 e. The van der Waals surface area contributed by atoms with E-state index in [9.17, 15) is 18.0 Å². The predicted octanol–water partition coefficient (Wildman–Crippen LogP) is 3.90. The Kier molecular flexibility index (Phi) is 7.19. The minimum absolute atomic E-state index is 0.0782. The second kappa shape index (κ2) is 10.1. The van der Waals surface area contributed by atoms with Gasteiger partial charge in [-0.15, -0.1) is 0 Å². The van der Waals surface area contributed by atoms with Crippen molar-refractivity contribution >= 4 is 33.6 Å². The van der Waals surface area contributed by atoms with E-state index in [0.29, 0.717) is 42.2 Å².